The van der Waals surface area contributed by atoms with E-state index in [1.165, 1.54) is 12.8 Å². The second kappa shape index (κ2) is 8.69. The zero-order chi connectivity index (χ0) is 21.4. The van der Waals surface area contributed by atoms with Gasteiger partial charge in [-0.15, -0.1) is 0 Å². The Labute approximate surface area is 184 Å². The number of rotatable bonds is 7. The largest absolute Gasteiger partial charge is 0.497 e. The molecular formula is C24H34N4O3. The Bertz CT molecular complexity index is 806. The molecule has 3 amide bonds. The van der Waals surface area contributed by atoms with Crippen molar-refractivity contribution in [3.05, 3.63) is 29.8 Å². The fraction of sp³-hybridized carbons (Fsp3) is 0.667. The van der Waals surface area contributed by atoms with E-state index in [9.17, 15) is 9.59 Å². The topological polar surface area (TPSA) is 73.9 Å². The number of carbonyl (C=O) groups is 2. The van der Waals surface area contributed by atoms with Crippen LogP contribution in [0.15, 0.2) is 24.3 Å². The van der Waals surface area contributed by atoms with Crippen molar-refractivity contribution < 1.29 is 14.3 Å². The first-order valence-electron chi connectivity index (χ1n) is 11.8. The Morgan fingerprint density at radius 2 is 1.87 bits per heavy atom. The summed E-state index contributed by atoms with van der Waals surface area (Å²) < 4.78 is 5.21. The van der Waals surface area contributed by atoms with Gasteiger partial charge in [0.1, 0.15) is 5.75 Å². The van der Waals surface area contributed by atoms with Gasteiger partial charge in [0, 0.05) is 38.3 Å². The van der Waals surface area contributed by atoms with Crippen LogP contribution in [0.2, 0.25) is 0 Å². The molecule has 0 spiro atoms. The molecule has 7 heteroatoms. The second-order valence-electron chi connectivity index (χ2n) is 9.74. The zero-order valence-electron chi connectivity index (χ0n) is 18.4. The highest BCUT2D eigenvalue weighted by Gasteiger charge is 2.48. The Hall–Kier alpha value is -2.28. The van der Waals surface area contributed by atoms with Crippen LogP contribution in [-0.2, 0) is 11.3 Å². The summed E-state index contributed by atoms with van der Waals surface area (Å²) in [6, 6.07) is 8.64. The molecule has 0 radical (unpaired) electrons. The molecule has 2 heterocycles. The van der Waals surface area contributed by atoms with Crippen molar-refractivity contribution in [2.24, 2.45) is 11.8 Å². The molecule has 3 unspecified atom stereocenters. The normalized spacial score (nSPS) is 28.2. The van der Waals surface area contributed by atoms with Gasteiger partial charge in [0.05, 0.1) is 13.2 Å². The number of urea groups is 1. The zero-order valence-corrected chi connectivity index (χ0v) is 18.4. The molecule has 3 atom stereocenters. The Kier molecular flexibility index (Phi) is 5.78. The Morgan fingerprint density at radius 1 is 1.10 bits per heavy atom. The molecule has 0 aromatic heterocycles. The Balaban J connectivity index is 1.21. The molecule has 4 fully saturated rings. The van der Waals surface area contributed by atoms with Crippen molar-refractivity contribution in [3.63, 3.8) is 0 Å². The highest BCUT2D eigenvalue weighted by molar-refractivity contribution is 5.82. The highest BCUT2D eigenvalue weighted by atomic mass is 16.5. The maximum absolute atomic E-state index is 13.2. The van der Waals surface area contributed by atoms with Crippen LogP contribution >= 0.6 is 0 Å². The molecule has 7 nitrogen and oxygen atoms in total. The van der Waals surface area contributed by atoms with Crippen LogP contribution in [-0.4, -0.2) is 66.6 Å². The summed E-state index contributed by atoms with van der Waals surface area (Å²) in [5, 5.41) is 6.29. The number of nitrogens with zero attached hydrogens (tertiary/aromatic N) is 2. The van der Waals surface area contributed by atoms with Gasteiger partial charge in [0.2, 0.25) is 5.91 Å². The minimum atomic E-state index is -0.0831. The fourth-order valence-corrected chi connectivity index (χ4v) is 5.19. The van der Waals surface area contributed by atoms with Gasteiger partial charge >= 0.3 is 6.03 Å². The number of fused-ring (bicyclic) bond motifs is 1. The van der Waals surface area contributed by atoms with Gasteiger partial charge in [-0.2, -0.15) is 0 Å². The molecule has 2 aliphatic carbocycles. The van der Waals surface area contributed by atoms with E-state index in [2.05, 4.69) is 15.5 Å². The molecule has 2 aliphatic heterocycles. The van der Waals surface area contributed by atoms with Crippen molar-refractivity contribution in [1.29, 1.82) is 0 Å². The number of methoxy groups -OCH3 is 1. The number of piperidine rings is 1. The number of nitrogens with one attached hydrogen (secondary N) is 2. The summed E-state index contributed by atoms with van der Waals surface area (Å²) in [5.74, 6) is 2.07. The minimum absolute atomic E-state index is 0.0831. The van der Waals surface area contributed by atoms with Crippen molar-refractivity contribution in [1.82, 2.24) is 20.4 Å². The summed E-state index contributed by atoms with van der Waals surface area (Å²) in [5.41, 5.74) is 1.07. The summed E-state index contributed by atoms with van der Waals surface area (Å²) in [4.78, 5) is 30.2. The van der Waals surface area contributed by atoms with Crippen molar-refractivity contribution >= 4 is 11.9 Å². The fourth-order valence-electron chi connectivity index (χ4n) is 5.19. The highest BCUT2D eigenvalue weighted by Crippen LogP contribution is 2.40. The molecule has 1 aromatic carbocycles. The average Bonchev–Trinajstić information content (AvgIpc) is 3.72. The molecule has 31 heavy (non-hydrogen) atoms. The maximum Gasteiger partial charge on any atom is 0.317 e. The lowest BCUT2D eigenvalue weighted by Crippen LogP contribution is -2.52. The van der Waals surface area contributed by atoms with Crippen LogP contribution in [0, 0.1) is 11.8 Å². The summed E-state index contributed by atoms with van der Waals surface area (Å²) >= 11 is 0. The summed E-state index contributed by atoms with van der Waals surface area (Å²) in [6.45, 7) is 3.12. The number of carbonyl (C=O) groups excluding carboxylic acids is 2. The van der Waals surface area contributed by atoms with Crippen LogP contribution in [0.5, 0.6) is 5.75 Å². The van der Waals surface area contributed by atoms with E-state index in [0.29, 0.717) is 24.5 Å². The van der Waals surface area contributed by atoms with Gasteiger partial charge in [0.15, 0.2) is 0 Å². The predicted molar refractivity (Wildman–Crippen MR) is 118 cm³/mol. The molecule has 0 bridgehead atoms. The first-order chi connectivity index (χ1) is 15.1. The van der Waals surface area contributed by atoms with Gasteiger partial charge in [0.25, 0.3) is 0 Å². The quantitative estimate of drug-likeness (QED) is 0.702. The lowest BCUT2D eigenvalue weighted by molar-refractivity contribution is -0.126. The van der Waals surface area contributed by atoms with E-state index in [-0.39, 0.29) is 18.0 Å². The lowest BCUT2D eigenvalue weighted by Gasteiger charge is -2.38. The number of hydrogen-bond acceptors (Lipinski definition) is 4. The summed E-state index contributed by atoms with van der Waals surface area (Å²) in [7, 11) is 1.65. The first kappa shape index (κ1) is 20.6. The average molecular weight is 427 g/mol. The van der Waals surface area contributed by atoms with E-state index in [0.717, 1.165) is 62.5 Å². The molecule has 2 saturated carbocycles. The number of amides is 3. The van der Waals surface area contributed by atoms with Gasteiger partial charge < -0.3 is 20.3 Å². The van der Waals surface area contributed by atoms with E-state index >= 15 is 0 Å². The molecule has 2 saturated heterocycles. The van der Waals surface area contributed by atoms with Gasteiger partial charge in [-0.25, -0.2) is 4.79 Å². The monoisotopic (exact) mass is 426 g/mol. The van der Waals surface area contributed by atoms with Gasteiger partial charge in [-0.3, -0.25) is 9.69 Å². The number of benzene rings is 1. The van der Waals surface area contributed by atoms with E-state index in [4.69, 9.17) is 4.74 Å². The van der Waals surface area contributed by atoms with Crippen LogP contribution in [0.4, 0.5) is 4.79 Å². The van der Waals surface area contributed by atoms with Crippen molar-refractivity contribution in [2.75, 3.05) is 26.7 Å². The van der Waals surface area contributed by atoms with Crippen LogP contribution < -0.4 is 15.4 Å². The third-order valence-electron chi connectivity index (χ3n) is 7.33. The Morgan fingerprint density at radius 3 is 2.55 bits per heavy atom. The molecule has 5 rings (SSSR count). The van der Waals surface area contributed by atoms with E-state index in [1.807, 2.05) is 29.2 Å². The van der Waals surface area contributed by atoms with E-state index in [1.54, 1.807) is 7.11 Å². The van der Waals surface area contributed by atoms with Crippen LogP contribution in [0.1, 0.15) is 44.1 Å². The molecule has 4 aliphatic rings. The molecule has 1 aromatic rings. The third kappa shape index (κ3) is 4.81. The first-order valence-corrected chi connectivity index (χ1v) is 11.8. The van der Waals surface area contributed by atoms with Gasteiger partial charge in [-0.1, -0.05) is 12.1 Å². The number of ether oxygens (including phenoxy) is 1. The van der Waals surface area contributed by atoms with Crippen LogP contribution in [0.3, 0.4) is 0 Å². The van der Waals surface area contributed by atoms with Crippen LogP contribution in [0.25, 0.3) is 0 Å². The maximum atomic E-state index is 13.2. The number of hydrogen-bond donors (Lipinski definition) is 2. The minimum Gasteiger partial charge on any atom is -0.497 e. The third-order valence-corrected chi connectivity index (χ3v) is 7.33. The number of likely N-dealkylation sites (tertiary alicyclic amines) is 2. The lowest BCUT2D eigenvalue weighted by atomic mass is 9.92. The van der Waals surface area contributed by atoms with Gasteiger partial charge in [-0.05, 0) is 68.1 Å². The van der Waals surface area contributed by atoms with Crippen molar-refractivity contribution in [3.8, 4) is 5.75 Å². The summed E-state index contributed by atoms with van der Waals surface area (Å²) in [6.07, 6.45) is 6.60. The SMILES string of the molecule is COc1ccc(CNC(=O)C2CC3CN(C(=O)NC4CC4)CCC3N2CC2CC2)cc1. The smallest absolute Gasteiger partial charge is 0.317 e. The predicted octanol–water partition coefficient (Wildman–Crippen LogP) is 2.36. The van der Waals surface area contributed by atoms with Crippen molar-refractivity contribution in [2.45, 2.75) is 63.2 Å². The molecular weight excluding hydrogens is 392 g/mol. The standard InChI is InChI=1S/C24H34N4O3/c1-31-20-8-4-16(5-9-20)13-25-23(29)22-12-18-15-27(24(30)26-19-6-7-19)11-10-21(18)28(22)14-17-2-3-17/h4-5,8-9,17-19,21-22H,2-3,6-7,10-15H2,1H3,(H,25,29)(H,26,30). The van der Waals surface area contributed by atoms with E-state index < -0.39 is 0 Å². The molecule has 2 N–H and O–H groups in total. The second-order valence-corrected chi connectivity index (χ2v) is 9.74. The molecule has 168 valence electrons.